The molecule has 152 valence electrons. The summed E-state index contributed by atoms with van der Waals surface area (Å²) < 4.78 is 0. The van der Waals surface area contributed by atoms with Crippen LogP contribution in [0.4, 0.5) is 10.8 Å². The minimum Gasteiger partial charge on any atom is -0.478 e. The molecule has 0 saturated carbocycles. The van der Waals surface area contributed by atoms with Crippen molar-refractivity contribution >= 4 is 39.7 Å². The summed E-state index contributed by atoms with van der Waals surface area (Å²) in [6.45, 7) is 1.89. The molecule has 1 aliphatic heterocycles. The van der Waals surface area contributed by atoms with Gasteiger partial charge in [-0.25, -0.2) is 19.8 Å². The molecule has 1 aromatic heterocycles. The summed E-state index contributed by atoms with van der Waals surface area (Å²) >= 11 is 1.39. The SMILES string of the molecule is CC1/C(=N/Nc2ccc(C(=O)O)cc2)C(=O)N(c2nc(-c3ccccc3)cs2)N1C. The van der Waals surface area contributed by atoms with Crippen LogP contribution in [0, 0.1) is 0 Å². The number of thiazole rings is 1. The maximum Gasteiger partial charge on any atom is 0.335 e. The first-order valence-electron chi connectivity index (χ1n) is 9.21. The summed E-state index contributed by atoms with van der Waals surface area (Å²) in [5.74, 6) is -1.25. The van der Waals surface area contributed by atoms with Crippen molar-refractivity contribution in [2.45, 2.75) is 13.0 Å². The molecule has 8 nitrogen and oxygen atoms in total. The topological polar surface area (TPSA) is 98.1 Å². The zero-order valence-electron chi connectivity index (χ0n) is 16.3. The molecule has 1 aliphatic rings. The fourth-order valence-corrected chi connectivity index (χ4v) is 3.93. The summed E-state index contributed by atoms with van der Waals surface area (Å²) in [5.41, 5.74) is 5.76. The van der Waals surface area contributed by atoms with Gasteiger partial charge in [-0.05, 0) is 31.2 Å². The largest absolute Gasteiger partial charge is 0.478 e. The summed E-state index contributed by atoms with van der Waals surface area (Å²) in [5, 5.41) is 19.1. The molecule has 2 aromatic carbocycles. The lowest BCUT2D eigenvalue weighted by molar-refractivity contribution is -0.113. The average Bonchev–Trinajstić information content (AvgIpc) is 3.31. The predicted molar refractivity (Wildman–Crippen MR) is 117 cm³/mol. The van der Waals surface area contributed by atoms with E-state index in [0.29, 0.717) is 16.5 Å². The molecule has 3 aromatic rings. The molecule has 1 saturated heterocycles. The van der Waals surface area contributed by atoms with Gasteiger partial charge >= 0.3 is 5.97 Å². The third-order valence-corrected chi connectivity index (χ3v) is 5.68. The van der Waals surface area contributed by atoms with Crippen molar-refractivity contribution in [1.29, 1.82) is 0 Å². The Morgan fingerprint density at radius 1 is 1.17 bits per heavy atom. The second-order valence-electron chi connectivity index (χ2n) is 6.74. The third-order valence-electron chi connectivity index (χ3n) is 4.86. The van der Waals surface area contributed by atoms with Gasteiger partial charge in [-0.1, -0.05) is 30.3 Å². The van der Waals surface area contributed by atoms with E-state index < -0.39 is 5.97 Å². The molecule has 1 fully saturated rings. The summed E-state index contributed by atoms with van der Waals surface area (Å²) in [7, 11) is 1.82. The normalized spacial score (nSPS) is 18.2. The Kier molecular flexibility index (Phi) is 5.30. The minimum absolute atomic E-state index is 0.183. The van der Waals surface area contributed by atoms with Crippen LogP contribution in [-0.2, 0) is 4.79 Å². The van der Waals surface area contributed by atoms with Crippen molar-refractivity contribution in [2.75, 3.05) is 17.5 Å². The molecule has 4 rings (SSSR count). The molecule has 0 bridgehead atoms. The van der Waals surface area contributed by atoms with Crippen molar-refractivity contribution in [1.82, 2.24) is 9.99 Å². The molecule has 1 amide bonds. The number of carboxylic acid groups (broad SMARTS) is 1. The first-order valence-corrected chi connectivity index (χ1v) is 10.1. The minimum atomic E-state index is -0.997. The molecule has 9 heteroatoms. The molecule has 30 heavy (non-hydrogen) atoms. The van der Waals surface area contributed by atoms with E-state index >= 15 is 0 Å². The number of rotatable bonds is 5. The lowest BCUT2D eigenvalue weighted by Gasteiger charge is -2.22. The van der Waals surface area contributed by atoms with Gasteiger partial charge in [-0.15, -0.1) is 11.3 Å². The Balaban J connectivity index is 1.55. The zero-order chi connectivity index (χ0) is 21.3. The number of nitrogens with zero attached hydrogens (tertiary/aromatic N) is 4. The quantitative estimate of drug-likeness (QED) is 0.612. The number of carbonyl (C=O) groups excluding carboxylic acids is 1. The van der Waals surface area contributed by atoms with Gasteiger partial charge in [0.15, 0.2) is 0 Å². The van der Waals surface area contributed by atoms with Gasteiger partial charge in [0.05, 0.1) is 23.0 Å². The van der Waals surface area contributed by atoms with Gasteiger partial charge in [0, 0.05) is 18.0 Å². The maximum atomic E-state index is 13.0. The number of hydrogen-bond acceptors (Lipinski definition) is 7. The van der Waals surface area contributed by atoms with Crippen molar-refractivity contribution in [3.8, 4) is 11.3 Å². The molecule has 2 N–H and O–H groups in total. The van der Waals surface area contributed by atoms with Crippen LogP contribution in [0.1, 0.15) is 17.3 Å². The maximum absolute atomic E-state index is 13.0. The van der Waals surface area contributed by atoms with Gasteiger partial charge in [0.25, 0.3) is 5.91 Å². The Morgan fingerprint density at radius 3 is 2.53 bits per heavy atom. The molecule has 1 atom stereocenters. The Morgan fingerprint density at radius 2 is 1.87 bits per heavy atom. The Hall–Kier alpha value is -3.56. The summed E-state index contributed by atoms with van der Waals surface area (Å²) in [4.78, 5) is 28.6. The van der Waals surface area contributed by atoms with Crippen molar-refractivity contribution in [3.05, 3.63) is 65.5 Å². The number of hydrazine groups is 1. The predicted octanol–water partition coefficient (Wildman–Crippen LogP) is 3.56. The van der Waals surface area contributed by atoms with E-state index in [1.54, 1.807) is 17.1 Å². The van der Waals surface area contributed by atoms with Crippen LogP contribution in [0.5, 0.6) is 0 Å². The number of carboxylic acids is 1. The highest BCUT2D eigenvalue weighted by Crippen LogP contribution is 2.31. The number of amides is 1. The van der Waals surface area contributed by atoms with Gasteiger partial charge in [0.1, 0.15) is 5.71 Å². The van der Waals surface area contributed by atoms with E-state index in [0.717, 1.165) is 11.3 Å². The lowest BCUT2D eigenvalue weighted by Crippen LogP contribution is -2.38. The number of aromatic carboxylic acids is 1. The molecule has 2 heterocycles. The van der Waals surface area contributed by atoms with E-state index in [4.69, 9.17) is 5.11 Å². The fourth-order valence-electron chi connectivity index (χ4n) is 3.06. The number of aromatic nitrogens is 1. The van der Waals surface area contributed by atoms with Crippen LogP contribution in [0.25, 0.3) is 11.3 Å². The van der Waals surface area contributed by atoms with E-state index in [-0.39, 0.29) is 17.5 Å². The second kappa shape index (κ2) is 8.05. The van der Waals surface area contributed by atoms with Crippen LogP contribution in [-0.4, -0.2) is 45.8 Å². The van der Waals surface area contributed by atoms with Gasteiger partial charge in [-0.3, -0.25) is 10.2 Å². The first-order chi connectivity index (χ1) is 14.5. The van der Waals surface area contributed by atoms with E-state index in [1.807, 2.05) is 49.7 Å². The van der Waals surface area contributed by atoms with Crippen molar-refractivity contribution < 1.29 is 14.7 Å². The van der Waals surface area contributed by atoms with Gasteiger partial charge < -0.3 is 5.11 Å². The fraction of sp³-hybridized carbons (Fsp3) is 0.143. The van der Waals surface area contributed by atoms with Crippen LogP contribution in [0.3, 0.4) is 0 Å². The van der Waals surface area contributed by atoms with Gasteiger partial charge in [0.2, 0.25) is 5.13 Å². The van der Waals surface area contributed by atoms with E-state index in [9.17, 15) is 9.59 Å². The number of anilines is 2. The number of hydrazone groups is 1. The molecular formula is C21H19N5O3S. The molecule has 1 unspecified atom stereocenters. The first kappa shape index (κ1) is 19.7. The number of carbonyl (C=O) groups is 2. The highest BCUT2D eigenvalue weighted by Gasteiger charge is 2.41. The monoisotopic (exact) mass is 421 g/mol. The molecule has 0 radical (unpaired) electrons. The van der Waals surface area contributed by atoms with E-state index in [1.165, 1.54) is 28.5 Å². The number of benzene rings is 2. The smallest absolute Gasteiger partial charge is 0.335 e. The number of nitrogens with one attached hydrogen (secondary N) is 1. The van der Waals surface area contributed by atoms with Crippen LogP contribution >= 0.6 is 11.3 Å². The van der Waals surface area contributed by atoms with Crippen LogP contribution < -0.4 is 10.4 Å². The van der Waals surface area contributed by atoms with Crippen LogP contribution in [0.2, 0.25) is 0 Å². The highest BCUT2D eigenvalue weighted by molar-refractivity contribution is 7.14. The molecule has 0 aliphatic carbocycles. The lowest BCUT2D eigenvalue weighted by atomic mass is 10.2. The Bertz CT molecular complexity index is 1110. The van der Waals surface area contributed by atoms with E-state index in [2.05, 4.69) is 15.5 Å². The summed E-state index contributed by atoms with van der Waals surface area (Å²) in [6, 6.07) is 15.7. The summed E-state index contributed by atoms with van der Waals surface area (Å²) in [6.07, 6.45) is 0. The molecular weight excluding hydrogens is 402 g/mol. The standard InChI is InChI=1S/C21H19N5O3S/c1-13-18(24-23-16-10-8-15(9-11-16)20(28)29)19(27)26(25(13)2)21-22-17(12-30-21)14-6-4-3-5-7-14/h3-13,23H,1-2H3,(H,28,29)/b24-18-. The van der Waals surface area contributed by atoms with Gasteiger partial charge in [-0.2, -0.15) is 5.10 Å². The average molecular weight is 421 g/mol. The second-order valence-corrected chi connectivity index (χ2v) is 7.58. The van der Waals surface area contributed by atoms with Crippen molar-refractivity contribution in [2.24, 2.45) is 5.10 Å². The highest BCUT2D eigenvalue weighted by atomic mass is 32.1. The Labute approximate surface area is 177 Å². The molecule has 0 spiro atoms. The van der Waals surface area contributed by atoms with Crippen molar-refractivity contribution in [3.63, 3.8) is 0 Å². The number of hydrogen-bond donors (Lipinski definition) is 2. The zero-order valence-corrected chi connectivity index (χ0v) is 17.1. The van der Waals surface area contributed by atoms with Crippen LogP contribution in [0.15, 0.2) is 65.1 Å². The third kappa shape index (κ3) is 3.68.